The Bertz CT molecular complexity index is 752. The summed E-state index contributed by atoms with van der Waals surface area (Å²) in [6.45, 7) is 4.37. The van der Waals surface area contributed by atoms with Crippen LogP contribution in [0.15, 0.2) is 29.8 Å². The first-order valence-electron chi connectivity index (χ1n) is 12.3. The van der Waals surface area contributed by atoms with Gasteiger partial charge >= 0.3 is 0 Å². The molecular weight excluding hydrogens is 388 g/mol. The first-order valence-corrected chi connectivity index (χ1v) is 12.3. The maximum Gasteiger partial charge on any atom is 0.234 e. The number of aliphatic hydroxyl groups is 2. The molecule has 0 heterocycles. The Morgan fingerprint density at radius 1 is 0.710 bits per heavy atom. The van der Waals surface area contributed by atoms with E-state index < -0.39 is 17.2 Å². The predicted molar refractivity (Wildman–Crippen MR) is 126 cm³/mol. The van der Waals surface area contributed by atoms with Crippen molar-refractivity contribution in [2.75, 3.05) is 0 Å². The monoisotopic (exact) mass is 428 g/mol. The summed E-state index contributed by atoms with van der Waals surface area (Å²) < 4.78 is 0. The zero-order valence-corrected chi connectivity index (χ0v) is 19.4. The molecule has 4 nitrogen and oxygen atoms in total. The van der Waals surface area contributed by atoms with E-state index in [2.05, 4.69) is 13.8 Å². The Kier molecular flexibility index (Phi) is 10.5. The van der Waals surface area contributed by atoms with Crippen LogP contribution in [-0.4, -0.2) is 27.4 Å². The molecule has 1 aromatic carbocycles. The summed E-state index contributed by atoms with van der Waals surface area (Å²) in [6.07, 6.45) is 13.5. The van der Waals surface area contributed by atoms with Crippen LogP contribution < -0.4 is 0 Å². The Labute approximate surface area is 187 Å². The summed E-state index contributed by atoms with van der Waals surface area (Å²) in [5, 5.41) is 21.6. The maximum absolute atomic E-state index is 12.4. The van der Waals surface area contributed by atoms with Crippen LogP contribution in [0.4, 0.5) is 0 Å². The number of unbranched alkanes of at least 4 members (excludes halogenated alkanes) is 7. The van der Waals surface area contributed by atoms with Gasteiger partial charge in [-0.1, -0.05) is 95.9 Å². The van der Waals surface area contributed by atoms with Crippen LogP contribution in [0, 0.1) is 0 Å². The van der Waals surface area contributed by atoms with Crippen LogP contribution in [0.2, 0.25) is 0 Å². The average molecular weight is 429 g/mol. The number of carbonyl (C=O) groups is 2. The minimum Gasteiger partial charge on any atom is -0.507 e. The number of aliphatic hydroxyl groups excluding tert-OH is 1. The third kappa shape index (κ3) is 7.31. The molecule has 0 saturated carbocycles. The van der Waals surface area contributed by atoms with Crippen LogP contribution in [0.3, 0.4) is 0 Å². The molecule has 0 fully saturated rings. The van der Waals surface area contributed by atoms with E-state index in [0.29, 0.717) is 17.5 Å². The third-order valence-electron chi connectivity index (χ3n) is 6.50. The van der Waals surface area contributed by atoms with Crippen molar-refractivity contribution in [2.45, 2.75) is 109 Å². The zero-order chi connectivity index (χ0) is 22.7. The van der Waals surface area contributed by atoms with Crippen LogP contribution in [0.5, 0.6) is 0 Å². The normalized spacial score (nSPS) is 14.3. The first-order chi connectivity index (χ1) is 14.9. The zero-order valence-electron chi connectivity index (χ0n) is 19.4. The minimum atomic E-state index is -0.572. The lowest BCUT2D eigenvalue weighted by atomic mass is 9.84. The summed E-state index contributed by atoms with van der Waals surface area (Å²) in [5.41, 5.74) is 0.463. The van der Waals surface area contributed by atoms with E-state index in [1.54, 1.807) is 24.3 Å². The number of Topliss-reactive ketones (excluding diaryl/α,β-unsaturated/α-hetero) is 2. The molecule has 1 aliphatic carbocycles. The second-order valence-corrected chi connectivity index (χ2v) is 9.08. The van der Waals surface area contributed by atoms with Gasteiger partial charge in [-0.2, -0.15) is 0 Å². The fourth-order valence-corrected chi connectivity index (χ4v) is 4.54. The number of hydrogen-bond donors (Lipinski definition) is 2. The quantitative estimate of drug-likeness (QED) is 0.234. The van der Waals surface area contributed by atoms with E-state index in [0.717, 1.165) is 57.8 Å². The van der Waals surface area contributed by atoms with Gasteiger partial charge in [0.25, 0.3) is 0 Å². The number of hydrogen-bond acceptors (Lipinski definition) is 4. The molecule has 0 unspecified atom stereocenters. The molecule has 0 saturated heterocycles. The summed E-state index contributed by atoms with van der Waals surface area (Å²) in [7, 11) is 0. The molecule has 2 N–H and O–H groups in total. The molecule has 0 spiro atoms. The highest BCUT2D eigenvalue weighted by atomic mass is 16.3. The van der Waals surface area contributed by atoms with Crippen molar-refractivity contribution in [1.82, 2.24) is 0 Å². The lowest BCUT2D eigenvalue weighted by Crippen LogP contribution is -2.28. The van der Waals surface area contributed by atoms with E-state index in [9.17, 15) is 19.8 Å². The molecule has 4 heteroatoms. The summed E-state index contributed by atoms with van der Waals surface area (Å²) in [6, 6.07) is 6.74. The van der Waals surface area contributed by atoms with Gasteiger partial charge in [0.05, 0.1) is 5.60 Å². The van der Waals surface area contributed by atoms with Crippen molar-refractivity contribution < 1.29 is 19.8 Å². The maximum atomic E-state index is 12.4. The van der Waals surface area contributed by atoms with Crippen molar-refractivity contribution in [3.63, 3.8) is 0 Å². The van der Waals surface area contributed by atoms with Gasteiger partial charge in [-0.05, 0) is 32.1 Å². The van der Waals surface area contributed by atoms with Crippen LogP contribution in [0.1, 0.15) is 120 Å². The number of ketones is 2. The van der Waals surface area contributed by atoms with E-state index >= 15 is 0 Å². The Morgan fingerprint density at radius 2 is 1.23 bits per heavy atom. The summed E-state index contributed by atoms with van der Waals surface area (Å²) in [5.74, 6) is -1.13. The highest BCUT2D eigenvalue weighted by molar-refractivity contribution is 6.52. The topological polar surface area (TPSA) is 74.6 Å². The Hall–Kier alpha value is -1.94. The number of carbonyl (C=O) groups excluding carboxylic acids is 2. The highest BCUT2D eigenvalue weighted by Crippen LogP contribution is 2.31. The SMILES string of the molecule is CCCCCC(O)(CCCCC)CCCCCCC1=C(O)c2ccccc2C(=O)C1=O. The van der Waals surface area contributed by atoms with Gasteiger partial charge in [0, 0.05) is 16.7 Å². The fourth-order valence-electron chi connectivity index (χ4n) is 4.54. The smallest absolute Gasteiger partial charge is 0.234 e. The molecule has 0 radical (unpaired) electrons. The van der Waals surface area contributed by atoms with Crippen LogP contribution in [-0.2, 0) is 4.79 Å². The molecule has 0 amide bonds. The van der Waals surface area contributed by atoms with E-state index in [1.807, 2.05) is 0 Å². The molecular formula is C27H40O4. The van der Waals surface area contributed by atoms with Gasteiger partial charge in [-0.15, -0.1) is 0 Å². The average Bonchev–Trinajstić information content (AvgIpc) is 2.77. The van der Waals surface area contributed by atoms with Crippen LogP contribution in [0.25, 0.3) is 5.76 Å². The van der Waals surface area contributed by atoms with Crippen molar-refractivity contribution in [1.29, 1.82) is 0 Å². The van der Waals surface area contributed by atoms with Crippen molar-refractivity contribution in [3.05, 3.63) is 41.0 Å². The van der Waals surface area contributed by atoms with Gasteiger partial charge in [-0.3, -0.25) is 9.59 Å². The summed E-state index contributed by atoms with van der Waals surface area (Å²) >= 11 is 0. The second-order valence-electron chi connectivity index (χ2n) is 9.08. The number of allylic oxidation sites excluding steroid dienone is 1. The predicted octanol–water partition coefficient (Wildman–Crippen LogP) is 6.95. The van der Waals surface area contributed by atoms with Gasteiger partial charge in [0.2, 0.25) is 11.6 Å². The van der Waals surface area contributed by atoms with E-state index in [4.69, 9.17) is 0 Å². The number of rotatable bonds is 15. The Balaban J connectivity index is 1.81. The molecule has 0 bridgehead atoms. The molecule has 31 heavy (non-hydrogen) atoms. The van der Waals surface area contributed by atoms with Crippen molar-refractivity contribution >= 4 is 17.3 Å². The first kappa shape index (κ1) is 25.3. The highest BCUT2D eigenvalue weighted by Gasteiger charge is 2.32. The second kappa shape index (κ2) is 12.8. The van der Waals surface area contributed by atoms with E-state index in [-0.39, 0.29) is 11.3 Å². The summed E-state index contributed by atoms with van der Waals surface area (Å²) in [4.78, 5) is 24.7. The Morgan fingerprint density at radius 3 is 1.81 bits per heavy atom. The number of benzene rings is 1. The molecule has 2 rings (SSSR count). The molecule has 0 aliphatic heterocycles. The van der Waals surface area contributed by atoms with Gasteiger partial charge in [0.1, 0.15) is 5.76 Å². The third-order valence-corrected chi connectivity index (χ3v) is 6.50. The standard InChI is InChI=1S/C27H40O4/c1-3-5-12-18-27(31,19-13-6-4-2)20-14-8-7-9-17-23-24(28)21-15-10-11-16-22(21)25(29)26(23)30/h10-11,15-16,28,31H,3-9,12-14,17-20H2,1-2H3. The lowest BCUT2D eigenvalue weighted by molar-refractivity contribution is -0.112. The van der Waals surface area contributed by atoms with Crippen molar-refractivity contribution in [2.24, 2.45) is 0 Å². The molecule has 0 atom stereocenters. The molecule has 0 aromatic heterocycles. The van der Waals surface area contributed by atoms with Gasteiger partial charge < -0.3 is 10.2 Å². The largest absolute Gasteiger partial charge is 0.507 e. The van der Waals surface area contributed by atoms with Gasteiger partial charge in [0.15, 0.2) is 0 Å². The molecule has 172 valence electrons. The van der Waals surface area contributed by atoms with Crippen molar-refractivity contribution in [3.8, 4) is 0 Å². The minimum absolute atomic E-state index is 0.0403. The molecule has 1 aromatic rings. The molecule has 1 aliphatic rings. The number of fused-ring (bicyclic) bond motifs is 1. The lowest BCUT2D eigenvalue weighted by Gasteiger charge is -2.28. The van der Waals surface area contributed by atoms with Gasteiger partial charge in [-0.25, -0.2) is 0 Å². The fraction of sp³-hybridized carbons (Fsp3) is 0.630. The van der Waals surface area contributed by atoms with E-state index in [1.165, 1.54) is 25.7 Å². The van der Waals surface area contributed by atoms with Crippen LogP contribution >= 0.6 is 0 Å².